The fraction of sp³-hybridized carbons (Fsp3) is 0.476. The molecule has 8 heteroatoms. The first-order valence-corrected chi connectivity index (χ1v) is 11.7. The van der Waals surface area contributed by atoms with Gasteiger partial charge in [0.25, 0.3) is 5.56 Å². The number of pyridine rings is 1. The standard InChI is InChI=1S/C21H27FN2O4S/c1-29(26,27)23-14-18(24-13-5-8-20(22)21(24)25)15-28-19-11-9-17(10-12-19)16-6-3-2-4-7-16/h2-8,13,17-19,23H,9-12,14-15H2,1H3/t17?,18-,19?/m1/s1. The summed E-state index contributed by atoms with van der Waals surface area (Å²) in [6.07, 6.45) is 6.36. The van der Waals surface area contributed by atoms with Crippen LogP contribution in [0.4, 0.5) is 4.39 Å². The molecule has 0 unspecified atom stereocenters. The third kappa shape index (κ3) is 6.22. The summed E-state index contributed by atoms with van der Waals surface area (Å²) in [6, 6.07) is 12.3. The molecule has 2 aromatic rings. The lowest BCUT2D eigenvalue weighted by Crippen LogP contribution is -2.38. The molecule has 0 spiro atoms. The molecular formula is C21H27FN2O4S. The van der Waals surface area contributed by atoms with E-state index in [2.05, 4.69) is 16.9 Å². The Bertz CT molecular complexity index is 954. The summed E-state index contributed by atoms with van der Waals surface area (Å²) in [5.74, 6) is -0.357. The molecule has 1 atom stereocenters. The first-order chi connectivity index (χ1) is 13.8. The minimum atomic E-state index is -3.45. The van der Waals surface area contributed by atoms with Gasteiger partial charge in [0.1, 0.15) is 0 Å². The molecule has 1 aliphatic carbocycles. The summed E-state index contributed by atoms with van der Waals surface area (Å²) in [7, 11) is -3.45. The van der Waals surface area contributed by atoms with Crippen LogP contribution in [0.5, 0.6) is 0 Å². The lowest BCUT2D eigenvalue weighted by atomic mass is 9.83. The fourth-order valence-corrected chi connectivity index (χ4v) is 4.29. The molecule has 1 fully saturated rings. The lowest BCUT2D eigenvalue weighted by molar-refractivity contribution is 0.00722. The summed E-state index contributed by atoms with van der Waals surface area (Å²) >= 11 is 0. The third-order valence-corrected chi connectivity index (χ3v) is 6.06. The Hall–Kier alpha value is -2.03. The molecule has 0 saturated heterocycles. The summed E-state index contributed by atoms with van der Waals surface area (Å²) < 4.78 is 46.3. The van der Waals surface area contributed by atoms with Crippen molar-refractivity contribution in [2.45, 2.75) is 43.7 Å². The van der Waals surface area contributed by atoms with E-state index in [0.717, 1.165) is 38.0 Å². The van der Waals surface area contributed by atoms with E-state index < -0.39 is 27.4 Å². The zero-order valence-corrected chi connectivity index (χ0v) is 17.3. The molecule has 3 rings (SSSR count). The largest absolute Gasteiger partial charge is 0.376 e. The van der Waals surface area contributed by atoms with Crippen molar-refractivity contribution in [2.75, 3.05) is 19.4 Å². The van der Waals surface area contributed by atoms with E-state index in [0.29, 0.717) is 5.92 Å². The number of ether oxygens (including phenoxy) is 1. The van der Waals surface area contributed by atoms with Gasteiger partial charge < -0.3 is 9.30 Å². The van der Waals surface area contributed by atoms with Crippen LogP contribution in [0.25, 0.3) is 0 Å². The molecule has 1 heterocycles. The van der Waals surface area contributed by atoms with Crippen molar-refractivity contribution in [3.05, 3.63) is 70.4 Å². The molecule has 0 aliphatic heterocycles. The first kappa shape index (κ1) is 21.7. The molecule has 0 radical (unpaired) electrons. The van der Waals surface area contributed by atoms with Crippen LogP contribution in [-0.2, 0) is 14.8 Å². The first-order valence-electron chi connectivity index (χ1n) is 9.81. The van der Waals surface area contributed by atoms with Crippen LogP contribution >= 0.6 is 0 Å². The van der Waals surface area contributed by atoms with E-state index in [-0.39, 0.29) is 19.3 Å². The lowest BCUT2D eigenvalue weighted by Gasteiger charge is -2.30. The Morgan fingerprint density at radius 2 is 1.83 bits per heavy atom. The summed E-state index contributed by atoms with van der Waals surface area (Å²) in [5, 5.41) is 0. The summed E-state index contributed by atoms with van der Waals surface area (Å²) in [5.41, 5.74) is 0.552. The van der Waals surface area contributed by atoms with Gasteiger partial charge in [-0.25, -0.2) is 17.5 Å². The third-order valence-electron chi connectivity index (χ3n) is 5.37. The monoisotopic (exact) mass is 422 g/mol. The van der Waals surface area contributed by atoms with Crippen LogP contribution in [0.1, 0.15) is 43.2 Å². The SMILES string of the molecule is CS(=O)(=O)NC[C@H](COC1CCC(c2ccccc2)CC1)n1cccc(F)c1=O. The van der Waals surface area contributed by atoms with E-state index in [1.165, 1.54) is 22.4 Å². The second-order valence-corrected chi connectivity index (χ2v) is 9.39. The number of sulfonamides is 1. The molecular weight excluding hydrogens is 395 g/mol. The van der Waals surface area contributed by atoms with Gasteiger partial charge in [0, 0.05) is 12.7 Å². The van der Waals surface area contributed by atoms with Gasteiger partial charge >= 0.3 is 0 Å². The molecule has 1 N–H and O–H groups in total. The molecule has 0 bridgehead atoms. The highest BCUT2D eigenvalue weighted by molar-refractivity contribution is 7.88. The van der Waals surface area contributed by atoms with Crippen LogP contribution < -0.4 is 10.3 Å². The highest BCUT2D eigenvalue weighted by Gasteiger charge is 2.24. The van der Waals surface area contributed by atoms with E-state index in [1.54, 1.807) is 0 Å². The Morgan fingerprint density at radius 1 is 1.14 bits per heavy atom. The molecule has 1 aromatic heterocycles. The predicted octanol–water partition coefficient (Wildman–Crippen LogP) is 2.82. The molecule has 158 valence electrons. The maximum atomic E-state index is 13.7. The van der Waals surface area contributed by atoms with Crippen LogP contribution in [0, 0.1) is 5.82 Å². The van der Waals surface area contributed by atoms with Gasteiger partial charge in [-0.15, -0.1) is 0 Å². The van der Waals surface area contributed by atoms with Crippen molar-refractivity contribution in [3.63, 3.8) is 0 Å². The van der Waals surface area contributed by atoms with Crippen molar-refractivity contribution < 1.29 is 17.5 Å². The summed E-state index contributed by atoms with van der Waals surface area (Å²) in [6.45, 7) is 0.0914. The average Bonchev–Trinajstić information content (AvgIpc) is 2.71. The maximum absolute atomic E-state index is 13.7. The van der Waals surface area contributed by atoms with Crippen LogP contribution in [-0.4, -0.2) is 38.5 Å². The number of hydrogen-bond donors (Lipinski definition) is 1. The van der Waals surface area contributed by atoms with Gasteiger partial charge in [-0.2, -0.15) is 0 Å². The molecule has 1 aromatic carbocycles. The number of aromatic nitrogens is 1. The van der Waals surface area contributed by atoms with Crippen molar-refractivity contribution in [2.24, 2.45) is 0 Å². The second kappa shape index (κ2) is 9.65. The zero-order chi connectivity index (χ0) is 20.9. The number of benzene rings is 1. The normalized spacial score (nSPS) is 21.0. The van der Waals surface area contributed by atoms with Crippen LogP contribution in [0.2, 0.25) is 0 Å². The van der Waals surface area contributed by atoms with Crippen LogP contribution in [0.15, 0.2) is 53.5 Å². The number of halogens is 1. The van der Waals surface area contributed by atoms with E-state index in [4.69, 9.17) is 4.74 Å². The molecule has 0 amide bonds. The van der Waals surface area contributed by atoms with Crippen molar-refractivity contribution >= 4 is 10.0 Å². The highest BCUT2D eigenvalue weighted by atomic mass is 32.2. The van der Waals surface area contributed by atoms with E-state index in [9.17, 15) is 17.6 Å². The predicted molar refractivity (Wildman–Crippen MR) is 110 cm³/mol. The topological polar surface area (TPSA) is 77.4 Å². The maximum Gasteiger partial charge on any atom is 0.286 e. The quantitative estimate of drug-likeness (QED) is 0.710. The molecule has 29 heavy (non-hydrogen) atoms. The van der Waals surface area contributed by atoms with Gasteiger partial charge in [0.05, 0.1) is 25.0 Å². The highest BCUT2D eigenvalue weighted by Crippen LogP contribution is 2.34. The molecule has 6 nitrogen and oxygen atoms in total. The van der Waals surface area contributed by atoms with Gasteiger partial charge in [-0.3, -0.25) is 4.79 Å². The Labute approximate surface area is 170 Å². The minimum Gasteiger partial charge on any atom is -0.376 e. The van der Waals surface area contributed by atoms with Gasteiger partial charge in [-0.1, -0.05) is 30.3 Å². The number of rotatable bonds is 8. The van der Waals surface area contributed by atoms with Crippen molar-refractivity contribution in [1.29, 1.82) is 0 Å². The van der Waals surface area contributed by atoms with Gasteiger partial charge in [0.15, 0.2) is 5.82 Å². The fourth-order valence-electron chi connectivity index (χ4n) is 3.79. The molecule has 1 aliphatic rings. The van der Waals surface area contributed by atoms with Crippen molar-refractivity contribution in [1.82, 2.24) is 9.29 Å². The number of nitrogens with zero attached hydrogens (tertiary/aromatic N) is 1. The summed E-state index contributed by atoms with van der Waals surface area (Å²) in [4.78, 5) is 12.1. The Morgan fingerprint density at radius 3 is 2.48 bits per heavy atom. The smallest absolute Gasteiger partial charge is 0.286 e. The van der Waals surface area contributed by atoms with Gasteiger partial charge in [-0.05, 0) is 49.3 Å². The number of nitrogens with one attached hydrogen (secondary N) is 1. The average molecular weight is 423 g/mol. The Balaban J connectivity index is 1.61. The van der Waals surface area contributed by atoms with Gasteiger partial charge in [0.2, 0.25) is 10.0 Å². The van der Waals surface area contributed by atoms with E-state index in [1.807, 2.05) is 18.2 Å². The van der Waals surface area contributed by atoms with Crippen LogP contribution in [0.3, 0.4) is 0 Å². The minimum absolute atomic E-state index is 0.0401. The zero-order valence-electron chi connectivity index (χ0n) is 16.5. The molecule has 1 saturated carbocycles. The van der Waals surface area contributed by atoms with Crippen molar-refractivity contribution in [3.8, 4) is 0 Å². The second-order valence-electron chi connectivity index (χ2n) is 7.56. The Kier molecular flexibility index (Phi) is 7.21. The van der Waals surface area contributed by atoms with E-state index >= 15 is 0 Å². The number of hydrogen-bond acceptors (Lipinski definition) is 4.